The van der Waals surface area contributed by atoms with Gasteiger partial charge in [-0.05, 0) is 38.6 Å². The maximum absolute atomic E-state index is 10.1. The molecule has 1 saturated carbocycles. The second-order valence-corrected chi connectivity index (χ2v) is 5.61. The van der Waals surface area contributed by atoms with E-state index in [0.717, 1.165) is 26.0 Å². The molecular formula is C14H27NO2. The van der Waals surface area contributed by atoms with Crippen LogP contribution in [0, 0.1) is 5.92 Å². The van der Waals surface area contributed by atoms with Crippen molar-refractivity contribution in [2.45, 2.75) is 57.1 Å². The standard InChI is InChI=1S/C14H27NO2/c1-17-11-5-10-15-9-3-2-7-13(15)12-6-4-8-14(12)16/h12-14,16H,2-11H2,1H3. The fourth-order valence-corrected chi connectivity index (χ4v) is 3.61. The molecule has 3 nitrogen and oxygen atoms in total. The van der Waals surface area contributed by atoms with E-state index in [1.165, 1.54) is 38.6 Å². The highest BCUT2D eigenvalue weighted by atomic mass is 16.5. The number of piperidine rings is 1. The molecule has 0 spiro atoms. The summed E-state index contributed by atoms with van der Waals surface area (Å²) < 4.78 is 5.14. The summed E-state index contributed by atoms with van der Waals surface area (Å²) >= 11 is 0. The lowest BCUT2D eigenvalue weighted by Gasteiger charge is -2.40. The molecule has 0 amide bonds. The van der Waals surface area contributed by atoms with Crippen LogP contribution >= 0.6 is 0 Å². The van der Waals surface area contributed by atoms with Crippen LogP contribution in [0.15, 0.2) is 0 Å². The molecule has 17 heavy (non-hydrogen) atoms. The summed E-state index contributed by atoms with van der Waals surface area (Å²) in [7, 11) is 1.77. The Kier molecular flexibility index (Phi) is 5.26. The Labute approximate surface area is 105 Å². The van der Waals surface area contributed by atoms with Crippen LogP contribution in [0.1, 0.15) is 44.9 Å². The van der Waals surface area contributed by atoms with E-state index < -0.39 is 0 Å². The van der Waals surface area contributed by atoms with Crippen molar-refractivity contribution in [3.05, 3.63) is 0 Å². The first kappa shape index (κ1) is 13.3. The Hall–Kier alpha value is -0.120. The summed E-state index contributed by atoms with van der Waals surface area (Å²) in [4.78, 5) is 2.61. The molecule has 100 valence electrons. The van der Waals surface area contributed by atoms with Gasteiger partial charge in [-0.3, -0.25) is 4.90 Å². The van der Waals surface area contributed by atoms with Crippen LogP contribution in [-0.2, 0) is 4.74 Å². The number of hydrogen-bond donors (Lipinski definition) is 1. The molecule has 3 heteroatoms. The van der Waals surface area contributed by atoms with Crippen LogP contribution in [0.4, 0.5) is 0 Å². The predicted octanol–water partition coefficient (Wildman–Crippen LogP) is 2.04. The SMILES string of the molecule is COCCCN1CCCCC1C1CCCC1O. The van der Waals surface area contributed by atoms with E-state index in [4.69, 9.17) is 4.74 Å². The lowest BCUT2D eigenvalue weighted by molar-refractivity contribution is 0.0313. The quantitative estimate of drug-likeness (QED) is 0.748. The number of hydrogen-bond acceptors (Lipinski definition) is 3. The normalized spacial score (nSPS) is 35.3. The number of likely N-dealkylation sites (tertiary alicyclic amines) is 1. The monoisotopic (exact) mass is 241 g/mol. The average Bonchev–Trinajstić information content (AvgIpc) is 2.76. The molecule has 3 atom stereocenters. The summed E-state index contributed by atoms with van der Waals surface area (Å²) in [6, 6.07) is 0.637. The van der Waals surface area contributed by atoms with Gasteiger partial charge in [0, 0.05) is 32.2 Å². The third kappa shape index (κ3) is 3.43. The molecule has 0 bridgehead atoms. The van der Waals surface area contributed by atoms with Gasteiger partial charge in [-0.2, -0.15) is 0 Å². The number of ether oxygens (including phenoxy) is 1. The molecule has 0 aromatic rings. The zero-order valence-electron chi connectivity index (χ0n) is 11.1. The van der Waals surface area contributed by atoms with E-state index in [0.29, 0.717) is 12.0 Å². The lowest BCUT2D eigenvalue weighted by atomic mass is 9.87. The highest BCUT2D eigenvalue weighted by Crippen LogP contribution is 2.35. The summed E-state index contributed by atoms with van der Waals surface area (Å²) in [5.41, 5.74) is 0. The number of nitrogens with zero attached hydrogens (tertiary/aromatic N) is 1. The van der Waals surface area contributed by atoms with E-state index in [-0.39, 0.29) is 6.10 Å². The number of rotatable bonds is 5. The van der Waals surface area contributed by atoms with Crippen LogP contribution in [0.5, 0.6) is 0 Å². The molecule has 1 N–H and O–H groups in total. The fraction of sp³-hybridized carbons (Fsp3) is 1.00. The smallest absolute Gasteiger partial charge is 0.0583 e. The third-order valence-corrected chi connectivity index (χ3v) is 4.48. The number of methoxy groups -OCH3 is 1. The molecule has 1 saturated heterocycles. The van der Waals surface area contributed by atoms with E-state index in [1.807, 2.05) is 0 Å². The largest absolute Gasteiger partial charge is 0.393 e. The van der Waals surface area contributed by atoms with Gasteiger partial charge in [0.25, 0.3) is 0 Å². The van der Waals surface area contributed by atoms with Gasteiger partial charge in [-0.25, -0.2) is 0 Å². The first-order valence-electron chi connectivity index (χ1n) is 7.24. The molecule has 1 aliphatic carbocycles. The van der Waals surface area contributed by atoms with Crippen molar-refractivity contribution in [2.24, 2.45) is 5.92 Å². The minimum atomic E-state index is -0.0389. The van der Waals surface area contributed by atoms with E-state index in [9.17, 15) is 5.11 Å². The minimum absolute atomic E-state index is 0.0389. The van der Waals surface area contributed by atoms with Crippen LogP contribution in [0.25, 0.3) is 0 Å². The van der Waals surface area contributed by atoms with Gasteiger partial charge >= 0.3 is 0 Å². The van der Waals surface area contributed by atoms with Crippen molar-refractivity contribution >= 4 is 0 Å². The van der Waals surface area contributed by atoms with Crippen LogP contribution in [0.3, 0.4) is 0 Å². The van der Waals surface area contributed by atoms with E-state index in [1.54, 1.807) is 7.11 Å². The van der Waals surface area contributed by atoms with E-state index >= 15 is 0 Å². The van der Waals surface area contributed by atoms with Crippen molar-refractivity contribution in [3.63, 3.8) is 0 Å². The van der Waals surface area contributed by atoms with Crippen molar-refractivity contribution in [2.75, 3.05) is 26.8 Å². The lowest BCUT2D eigenvalue weighted by Crippen LogP contribution is -2.46. The molecule has 0 radical (unpaired) electrons. The molecule has 3 unspecified atom stereocenters. The maximum atomic E-state index is 10.1. The topological polar surface area (TPSA) is 32.7 Å². The van der Waals surface area contributed by atoms with Crippen molar-refractivity contribution in [1.82, 2.24) is 4.90 Å². The summed E-state index contributed by atoms with van der Waals surface area (Å²) in [6.07, 6.45) is 8.50. The van der Waals surface area contributed by atoms with E-state index in [2.05, 4.69) is 4.90 Å². The zero-order chi connectivity index (χ0) is 12.1. The second-order valence-electron chi connectivity index (χ2n) is 5.61. The van der Waals surface area contributed by atoms with Gasteiger partial charge in [0.1, 0.15) is 0 Å². The predicted molar refractivity (Wildman–Crippen MR) is 69.1 cm³/mol. The molecule has 2 rings (SSSR count). The third-order valence-electron chi connectivity index (χ3n) is 4.48. The van der Waals surface area contributed by atoms with Crippen molar-refractivity contribution in [1.29, 1.82) is 0 Å². The molecular weight excluding hydrogens is 214 g/mol. The molecule has 0 aromatic carbocycles. The summed E-state index contributed by atoms with van der Waals surface area (Å²) in [6.45, 7) is 3.22. The van der Waals surface area contributed by atoms with Crippen LogP contribution < -0.4 is 0 Å². The zero-order valence-corrected chi connectivity index (χ0v) is 11.1. The molecule has 2 fully saturated rings. The minimum Gasteiger partial charge on any atom is -0.393 e. The van der Waals surface area contributed by atoms with Crippen molar-refractivity contribution in [3.8, 4) is 0 Å². The van der Waals surface area contributed by atoms with Gasteiger partial charge in [-0.1, -0.05) is 12.8 Å². The fourth-order valence-electron chi connectivity index (χ4n) is 3.61. The van der Waals surface area contributed by atoms with Gasteiger partial charge in [0.15, 0.2) is 0 Å². The van der Waals surface area contributed by atoms with Crippen LogP contribution in [-0.4, -0.2) is 49.0 Å². The molecule has 2 aliphatic rings. The molecule has 0 aromatic heterocycles. The highest BCUT2D eigenvalue weighted by molar-refractivity contribution is 4.90. The Morgan fingerprint density at radius 2 is 2.06 bits per heavy atom. The van der Waals surface area contributed by atoms with Gasteiger partial charge < -0.3 is 9.84 Å². The first-order valence-corrected chi connectivity index (χ1v) is 7.24. The highest BCUT2D eigenvalue weighted by Gasteiger charge is 2.36. The number of aliphatic hydroxyl groups excluding tert-OH is 1. The van der Waals surface area contributed by atoms with Crippen molar-refractivity contribution < 1.29 is 9.84 Å². The van der Waals surface area contributed by atoms with Gasteiger partial charge in [-0.15, -0.1) is 0 Å². The summed E-state index contributed by atoms with van der Waals surface area (Å²) in [5, 5.41) is 10.1. The average molecular weight is 241 g/mol. The second kappa shape index (κ2) is 6.72. The Balaban J connectivity index is 1.87. The molecule has 1 aliphatic heterocycles. The molecule has 1 heterocycles. The Bertz CT molecular complexity index is 222. The number of aliphatic hydroxyl groups is 1. The maximum Gasteiger partial charge on any atom is 0.0583 e. The van der Waals surface area contributed by atoms with Gasteiger partial charge in [0.2, 0.25) is 0 Å². The summed E-state index contributed by atoms with van der Waals surface area (Å²) in [5.74, 6) is 0.540. The van der Waals surface area contributed by atoms with Crippen LogP contribution in [0.2, 0.25) is 0 Å². The Morgan fingerprint density at radius 1 is 1.18 bits per heavy atom. The first-order chi connectivity index (χ1) is 8.33. The van der Waals surface area contributed by atoms with Gasteiger partial charge in [0.05, 0.1) is 6.10 Å². The Morgan fingerprint density at radius 3 is 2.76 bits per heavy atom.